The third-order valence-corrected chi connectivity index (χ3v) is 6.03. The Balaban J connectivity index is 1.68. The highest BCUT2D eigenvalue weighted by Crippen LogP contribution is 2.32. The standard InChI is InChI=1S/C25H27N3O6S/c1-32-23-14-13-21(15-24(23)33-2)28(35(3,30)31)17-25(29)27-26-16-20-11-7-8-12-22(20)34-18-19-9-5-4-6-10-19/h4-16H,17-18H2,1-3H3,(H,27,29)/b26-16-. The van der Waals surface area contributed by atoms with Gasteiger partial charge in [0.25, 0.3) is 5.91 Å². The zero-order valence-electron chi connectivity index (χ0n) is 19.7. The molecule has 1 N–H and O–H groups in total. The minimum Gasteiger partial charge on any atom is -0.493 e. The third-order valence-electron chi connectivity index (χ3n) is 4.89. The number of para-hydroxylation sites is 1. The molecule has 0 bridgehead atoms. The van der Waals surface area contributed by atoms with Crippen LogP contribution in [-0.4, -0.2) is 47.6 Å². The van der Waals surface area contributed by atoms with Crippen LogP contribution in [0.2, 0.25) is 0 Å². The highest BCUT2D eigenvalue weighted by Gasteiger charge is 2.22. The van der Waals surface area contributed by atoms with E-state index in [0.717, 1.165) is 16.1 Å². The lowest BCUT2D eigenvalue weighted by Crippen LogP contribution is -2.39. The van der Waals surface area contributed by atoms with Gasteiger partial charge in [-0.15, -0.1) is 0 Å². The number of anilines is 1. The molecule has 0 aliphatic rings. The molecule has 0 aliphatic carbocycles. The Labute approximate surface area is 205 Å². The van der Waals surface area contributed by atoms with Crippen LogP contribution in [0, 0.1) is 0 Å². The van der Waals surface area contributed by atoms with Crippen molar-refractivity contribution in [3.05, 3.63) is 83.9 Å². The van der Waals surface area contributed by atoms with Gasteiger partial charge in [-0.2, -0.15) is 5.10 Å². The van der Waals surface area contributed by atoms with Crippen LogP contribution in [0.3, 0.4) is 0 Å². The van der Waals surface area contributed by atoms with Gasteiger partial charge >= 0.3 is 0 Å². The van der Waals surface area contributed by atoms with Crippen molar-refractivity contribution in [3.63, 3.8) is 0 Å². The summed E-state index contributed by atoms with van der Waals surface area (Å²) < 4.78 is 42.0. The smallest absolute Gasteiger partial charge is 0.260 e. The summed E-state index contributed by atoms with van der Waals surface area (Å²) in [7, 11) is -0.857. The van der Waals surface area contributed by atoms with E-state index in [1.165, 1.54) is 32.6 Å². The molecule has 10 heteroatoms. The number of nitrogens with one attached hydrogen (secondary N) is 1. The van der Waals surface area contributed by atoms with Gasteiger partial charge in [-0.3, -0.25) is 9.10 Å². The van der Waals surface area contributed by atoms with Crippen molar-refractivity contribution in [1.82, 2.24) is 5.43 Å². The first kappa shape index (κ1) is 25.6. The third kappa shape index (κ3) is 7.21. The second-order valence-corrected chi connectivity index (χ2v) is 9.32. The molecule has 0 atom stereocenters. The van der Waals surface area contributed by atoms with E-state index in [1.807, 2.05) is 42.5 Å². The van der Waals surface area contributed by atoms with Crippen molar-refractivity contribution in [2.45, 2.75) is 6.61 Å². The van der Waals surface area contributed by atoms with Gasteiger partial charge in [-0.05, 0) is 29.8 Å². The molecule has 0 unspecified atom stereocenters. The molecule has 1 amide bonds. The summed E-state index contributed by atoms with van der Waals surface area (Å²) >= 11 is 0. The first-order valence-corrected chi connectivity index (χ1v) is 12.4. The highest BCUT2D eigenvalue weighted by molar-refractivity contribution is 7.92. The molecule has 0 saturated carbocycles. The summed E-state index contributed by atoms with van der Waals surface area (Å²) in [6.45, 7) is -0.0928. The van der Waals surface area contributed by atoms with Crippen LogP contribution >= 0.6 is 0 Å². The average molecular weight is 498 g/mol. The number of rotatable bonds is 11. The monoisotopic (exact) mass is 497 g/mol. The van der Waals surface area contributed by atoms with Crippen LogP contribution < -0.4 is 23.9 Å². The predicted octanol–water partition coefficient (Wildman–Crippen LogP) is 3.20. The number of sulfonamides is 1. The zero-order chi connectivity index (χ0) is 25.3. The molecule has 9 nitrogen and oxygen atoms in total. The fourth-order valence-corrected chi connectivity index (χ4v) is 4.02. The van der Waals surface area contributed by atoms with Crippen molar-refractivity contribution in [2.75, 3.05) is 31.3 Å². The van der Waals surface area contributed by atoms with Gasteiger partial charge in [0.2, 0.25) is 10.0 Å². The number of carbonyl (C=O) groups excluding carboxylic acids is 1. The maximum absolute atomic E-state index is 12.5. The number of ether oxygens (including phenoxy) is 3. The summed E-state index contributed by atoms with van der Waals surface area (Å²) in [6.07, 6.45) is 2.46. The number of hydrogen-bond donors (Lipinski definition) is 1. The summed E-state index contributed by atoms with van der Waals surface area (Å²) in [6, 6.07) is 21.5. The molecule has 3 rings (SSSR count). The predicted molar refractivity (Wildman–Crippen MR) is 135 cm³/mol. The molecule has 0 spiro atoms. The molecule has 3 aromatic rings. The maximum atomic E-state index is 12.5. The van der Waals surface area contributed by atoms with E-state index in [-0.39, 0.29) is 5.69 Å². The summed E-state index contributed by atoms with van der Waals surface area (Å²) in [5, 5.41) is 3.98. The topological polar surface area (TPSA) is 107 Å². The number of hydrazone groups is 1. The van der Waals surface area contributed by atoms with Gasteiger partial charge < -0.3 is 14.2 Å². The number of amides is 1. The van der Waals surface area contributed by atoms with Crippen molar-refractivity contribution in [1.29, 1.82) is 0 Å². The summed E-state index contributed by atoms with van der Waals surface area (Å²) in [5.74, 6) is 0.748. The van der Waals surface area contributed by atoms with Crippen LogP contribution in [0.5, 0.6) is 17.2 Å². The lowest BCUT2D eigenvalue weighted by Gasteiger charge is -2.22. The Morgan fingerprint density at radius 2 is 1.63 bits per heavy atom. The molecule has 184 valence electrons. The SMILES string of the molecule is COc1ccc(N(CC(=O)N/N=C\c2ccccc2OCc2ccccc2)S(C)(=O)=O)cc1OC. The molecule has 35 heavy (non-hydrogen) atoms. The van der Waals surface area contributed by atoms with E-state index < -0.39 is 22.5 Å². The Morgan fingerprint density at radius 3 is 2.31 bits per heavy atom. The van der Waals surface area contributed by atoms with Crippen molar-refractivity contribution < 1.29 is 27.4 Å². The summed E-state index contributed by atoms with van der Waals surface area (Å²) in [4.78, 5) is 12.5. The maximum Gasteiger partial charge on any atom is 0.260 e. The average Bonchev–Trinajstić information content (AvgIpc) is 2.86. The lowest BCUT2D eigenvalue weighted by molar-refractivity contribution is -0.119. The van der Waals surface area contributed by atoms with Crippen LogP contribution in [0.1, 0.15) is 11.1 Å². The number of hydrogen-bond acceptors (Lipinski definition) is 7. The Hall–Kier alpha value is -4.05. The van der Waals surface area contributed by atoms with E-state index in [0.29, 0.717) is 29.4 Å². The number of carbonyl (C=O) groups is 1. The van der Waals surface area contributed by atoms with E-state index in [4.69, 9.17) is 14.2 Å². The molecule has 3 aromatic carbocycles. The van der Waals surface area contributed by atoms with Crippen molar-refractivity contribution >= 4 is 27.8 Å². The summed E-state index contributed by atoms with van der Waals surface area (Å²) in [5.41, 5.74) is 4.30. The molecule has 0 aromatic heterocycles. The van der Waals surface area contributed by atoms with Crippen LogP contribution in [0.25, 0.3) is 0 Å². The molecule has 0 aliphatic heterocycles. The fraction of sp³-hybridized carbons (Fsp3) is 0.200. The molecule has 0 radical (unpaired) electrons. The number of nitrogens with zero attached hydrogens (tertiary/aromatic N) is 2. The van der Waals surface area contributed by atoms with E-state index >= 15 is 0 Å². The quantitative estimate of drug-likeness (QED) is 0.322. The first-order valence-electron chi connectivity index (χ1n) is 10.6. The highest BCUT2D eigenvalue weighted by atomic mass is 32.2. The zero-order valence-corrected chi connectivity index (χ0v) is 20.5. The first-order chi connectivity index (χ1) is 16.8. The normalized spacial score (nSPS) is 11.2. The molecule has 0 heterocycles. The van der Waals surface area contributed by atoms with Crippen LogP contribution in [0.4, 0.5) is 5.69 Å². The molecular formula is C25H27N3O6S. The minimum absolute atomic E-state index is 0.254. The molecule has 0 saturated heterocycles. The second kappa shape index (κ2) is 11.9. The van der Waals surface area contributed by atoms with Crippen molar-refractivity contribution in [3.8, 4) is 17.2 Å². The van der Waals surface area contributed by atoms with Crippen LogP contribution in [-0.2, 0) is 21.4 Å². The van der Waals surface area contributed by atoms with Gasteiger partial charge in [0.05, 0.1) is 32.4 Å². The van der Waals surface area contributed by atoms with Gasteiger partial charge in [0.1, 0.15) is 18.9 Å². The Morgan fingerprint density at radius 1 is 0.943 bits per heavy atom. The molecular weight excluding hydrogens is 470 g/mol. The number of benzene rings is 3. The van der Waals surface area contributed by atoms with Crippen molar-refractivity contribution in [2.24, 2.45) is 5.10 Å². The number of methoxy groups -OCH3 is 2. The largest absolute Gasteiger partial charge is 0.493 e. The van der Waals surface area contributed by atoms with E-state index in [2.05, 4.69) is 10.5 Å². The Bertz CT molecular complexity index is 1280. The fourth-order valence-electron chi connectivity index (χ4n) is 3.17. The Kier molecular flexibility index (Phi) is 8.69. The van der Waals surface area contributed by atoms with Gasteiger partial charge in [-0.25, -0.2) is 13.8 Å². The van der Waals surface area contributed by atoms with Gasteiger partial charge in [-0.1, -0.05) is 42.5 Å². The van der Waals surface area contributed by atoms with E-state index in [9.17, 15) is 13.2 Å². The van der Waals surface area contributed by atoms with Gasteiger partial charge in [0, 0.05) is 11.6 Å². The lowest BCUT2D eigenvalue weighted by atomic mass is 10.2. The second-order valence-electron chi connectivity index (χ2n) is 7.41. The van der Waals surface area contributed by atoms with E-state index in [1.54, 1.807) is 18.2 Å². The van der Waals surface area contributed by atoms with Gasteiger partial charge in [0.15, 0.2) is 11.5 Å². The van der Waals surface area contributed by atoms with Crippen LogP contribution in [0.15, 0.2) is 77.9 Å². The molecule has 0 fully saturated rings. The minimum atomic E-state index is -3.77.